The van der Waals surface area contributed by atoms with Gasteiger partial charge in [-0.15, -0.1) is 0 Å². The van der Waals surface area contributed by atoms with Crippen LogP contribution >= 0.6 is 0 Å². The van der Waals surface area contributed by atoms with E-state index in [-0.39, 0.29) is 11.8 Å². The van der Waals surface area contributed by atoms with Gasteiger partial charge in [-0.3, -0.25) is 9.59 Å². The van der Waals surface area contributed by atoms with Crippen molar-refractivity contribution in [2.45, 2.75) is 6.42 Å². The molecular weight excluding hydrogens is 308 g/mol. The Hall–Kier alpha value is -3.02. The third-order valence-corrected chi connectivity index (χ3v) is 4.07. The van der Waals surface area contributed by atoms with E-state index in [1.807, 2.05) is 12.1 Å². The first-order chi connectivity index (χ1) is 11.5. The lowest BCUT2D eigenvalue weighted by Crippen LogP contribution is -2.20. The lowest BCUT2D eigenvalue weighted by Gasteiger charge is -2.14. The molecule has 0 unspecified atom stereocenters. The zero-order valence-corrected chi connectivity index (χ0v) is 13.8. The molecule has 1 aliphatic rings. The highest BCUT2D eigenvalue weighted by atomic mass is 16.5. The first-order valence-corrected chi connectivity index (χ1v) is 7.47. The number of hydrogen-bond donors (Lipinski definition) is 1. The number of carbonyl (C=O) groups is 2. The van der Waals surface area contributed by atoms with E-state index in [0.29, 0.717) is 29.2 Å². The van der Waals surface area contributed by atoms with Gasteiger partial charge in [-0.25, -0.2) is 0 Å². The van der Waals surface area contributed by atoms with Crippen molar-refractivity contribution in [2.24, 2.45) is 0 Å². The zero-order chi connectivity index (χ0) is 17.3. The third-order valence-electron chi connectivity index (χ3n) is 4.07. The summed E-state index contributed by atoms with van der Waals surface area (Å²) in [5.41, 5.74) is 2.71. The van der Waals surface area contributed by atoms with Gasteiger partial charge < -0.3 is 19.7 Å². The molecule has 1 heterocycles. The van der Waals surface area contributed by atoms with Crippen LogP contribution in [0.25, 0.3) is 0 Å². The largest absolute Gasteiger partial charge is 0.496 e. The van der Waals surface area contributed by atoms with Gasteiger partial charge in [0.1, 0.15) is 17.1 Å². The highest BCUT2D eigenvalue weighted by Crippen LogP contribution is 2.32. The molecule has 1 aliphatic heterocycles. The Balaban J connectivity index is 1.89. The number of likely N-dealkylation sites (N-methyl/N-ethyl adjacent to an activating group) is 1. The minimum Gasteiger partial charge on any atom is -0.496 e. The van der Waals surface area contributed by atoms with Gasteiger partial charge in [-0.05, 0) is 35.9 Å². The quantitative estimate of drug-likeness (QED) is 0.937. The number of nitrogens with one attached hydrogen (secondary N) is 1. The van der Waals surface area contributed by atoms with Crippen molar-refractivity contribution in [3.63, 3.8) is 0 Å². The van der Waals surface area contributed by atoms with E-state index in [2.05, 4.69) is 5.32 Å². The normalized spacial score (nSPS) is 12.8. The maximum absolute atomic E-state index is 12.7. The van der Waals surface area contributed by atoms with Gasteiger partial charge in [0.15, 0.2) is 0 Å². The van der Waals surface area contributed by atoms with Crippen molar-refractivity contribution in [2.75, 3.05) is 31.5 Å². The summed E-state index contributed by atoms with van der Waals surface area (Å²) >= 11 is 0. The van der Waals surface area contributed by atoms with Crippen LogP contribution in [0.1, 0.15) is 15.9 Å². The molecule has 2 aromatic rings. The molecule has 2 amide bonds. The van der Waals surface area contributed by atoms with Gasteiger partial charge in [0.25, 0.3) is 5.91 Å². The maximum atomic E-state index is 12.7. The average Bonchev–Trinajstić information content (AvgIpc) is 2.87. The summed E-state index contributed by atoms with van der Waals surface area (Å²) in [6, 6.07) is 10.6. The van der Waals surface area contributed by atoms with E-state index in [4.69, 9.17) is 9.47 Å². The molecule has 124 valence electrons. The summed E-state index contributed by atoms with van der Waals surface area (Å²) in [4.78, 5) is 26.0. The summed E-state index contributed by atoms with van der Waals surface area (Å²) in [5, 5.41) is 2.84. The predicted molar refractivity (Wildman–Crippen MR) is 91.1 cm³/mol. The number of hydrogen-bond acceptors (Lipinski definition) is 4. The standard InChI is InChI=1S/C18H18N2O4/c1-20-13-8-7-12(9-11(13)10-16(20)21)19-18(22)17-14(23-2)5-4-6-15(17)24-3/h4-9H,10H2,1-3H3,(H,19,22). The number of carbonyl (C=O) groups excluding carboxylic acids is 2. The number of fused-ring (bicyclic) bond motifs is 1. The second-order valence-electron chi connectivity index (χ2n) is 5.46. The van der Waals surface area contributed by atoms with Crippen LogP contribution in [-0.2, 0) is 11.2 Å². The Morgan fingerprint density at radius 2 is 1.79 bits per heavy atom. The van der Waals surface area contributed by atoms with Gasteiger partial charge in [0.2, 0.25) is 5.91 Å². The fraction of sp³-hybridized carbons (Fsp3) is 0.222. The number of methoxy groups -OCH3 is 2. The SMILES string of the molecule is COc1cccc(OC)c1C(=O)Nc1ccc2c(c1)CC(=O)N2C. The molecule has 6 nitrogen and oxygen atoms in total. The summed E-state index contributed by atoms with van der Waals surface area (Å²) in [7, 11) is 4.75. The molecule has 6 heteroatoms. The number of nitrogens with zero attached hydrogens (tertiary/aromatic N) is 1. The number of benzene rings is 2. The molecule has 3 rings (SSSR count). The number of amides is 2. The highest BCUT2D eigenvalue weighted by Gasteiger charge is 2.24. The number of anilines is 2. The Bertz CT molecular complexity index is 794. The highest BCUT2D eigenvalue weighted by molar-refractivity contribution is 6.09. The number of ether oxygens (including phenoxy) is 2. The molecule has 0 fully saturated rings. The molecular formula is C18H18N2O4. The van der Waals surface area contributed by atoms with Crippen molar-refractivity contribution in [1.29, 1.82) is 0 Å². The fourth-order valence-corrected chi connectivity index (χ4v) is 2.82. The Labute approximate surface area is 140 Å². The van der Waals surface area contributed by atoms with E-state index in [9.17, 15) is 9.59 Å². The van der Waals surface area contributed by atoms with Crippen LogP contribution in [-0.4, -0.2) is 33.1 Å². The van der Waals surface area contributed by atoms with E-state index in [1.54, 1.807) is 36.2 Å². The van der Waals surface area contributed by atoms with E-state index >= 15 is 0 Å². The van der Waals surface area contributed by atoms with Gasteiger partial charge in [-0.1, -0.05) is 6.07 Å². The van der Waals surface area contributed by atoms with E-state index in [0.717, 1.165) is 11.3 Å². The molecule has 1 N–H and O–H groups in total. The first kappa shape index (κ1) is 15.9. The van der Waals surface area contributed by atoms with Crippen molar-refractivity contribution in [1.82, 2.24) is 0 Å². The maximum Gasteiger partial charge on any atom is 0.263 e. The molecule has 0 saturated carbocycles. The summed E-state index contributed by atoms with van der Waals surface area (Å²) < 4.78 is 10.5. The van der Waals surface area contributed by atoms with Crippen LogP contribution in [0.3, 0.4) is 0 Å². The molecule has 0 radical (unpaired) electrons. The smallest absolute Gasteiger partial charge is 0.263 e. The lowest BCUT2D eigenvalue weighted by molar-refractivity contribution is -0.117. The van der Waals surface area contributed by atoms with E-state index < -0.39 is 0 Å². The van der Waals surface area contributed by atoms with E-state index in [1.165, 1.54) is 14.2 Å². The van der Waals surface area contributed by atoms with Crippen LogP contribution in [0, 0.1) is 0 Å². The lowest BCUT2D eigenvalue weighted by atomic mass is 10.1. The molecule has 0 aliphatic carbocycles. The first-order valence-electron chi connectivity index (χ1n) is 7.47. The second-order valence-corrected chi connectivity index (χ2v) is 5.46. The van der Waals surface area contributed by atoms with Gasteiger partial charge in [0.05, 0.1) is 20.6 Å². The molecule has 0 saturated heterocycles. The third kappa shape index (κ3) is 2.67. The minimum absolute atomic E-state index is 0.0416. The molecule has 24 heavy (non-hydrogen) atoms. The Morgan fingerprint density at radius 1 is 1.12 bits per heavy atom. The van der Waals surface area contributed by atoms with Gasteiger partial charge >= 0.3 is 0 Å². The predicted octanol–water partition coefficient (Wildman–Crippen LogP) is 2.48. The minimum atomic E-state index is -0.332. The zero-order valence-electron chi connectivity index (χ0n) is 13.8. The average molecular weight is 326 g/mol. The molecule has 0 atom stereocenters. The summed E-state index contributed by atoms with van der Waals surface area (Å²) in [5.74, 6) is 0.577. The van der Waals surface area contributed by atoms with Crippen LogP contribution in [0.5, 0.6) is 11.5 Å². The van der Waals surface area contributed by atoms with Crippen LogP contribution in [0.4, 0.5) is 11.4 Å². The molecule has 0 aromatic heterocycles. The second kappa shape index (κ2) is 6.23. The summed E-state index contributed by atoms with van der Waals surface area (Å²) in [6.45, 7) is 0. The molecule has 0 bridgehead atoms. The van der Waals surface area contributed by atoms with Crippen molar-refractivity contribution < 1.29 is 19.1 Å². The topological polar surface area (TPSA) is 67.9 Å². The van der Waals surface area contributed by atoms with Crippen LogP contribution in [0.2, 0.25) is 0 Å². The van der Waals surface area contributed by atoms with Crippen LogP contribution < -0.4 is 19.7 Å². The monoisotopic (exact) mass is 326 g/mol. The van der Waals surface area contributed by atoms with Gasteiger partial charge in [0, 0.05) is 18.4 Å². The van der Waals surface area contributed by atoms with Gasteiger partial charge in [-0.2, -0.15) is 0 Å². The Kier molecular flexibility index (Phi) is 4.12. The number of rotatable bonds is 4. The fourth-order valence-electron chi connectivity index (χ4n) is 2.82. The molecule has 0 spiro atoms. The summed E-state index contributed by atoms with van der Waals surface area (Å²) in [6.07, 6.45) is 0.341. The van der Waals surface area contributed by atoms with Crippen LogP contribution in [0.15, 0.2) is 36.4 Å². The molecule has 2 aromatic carbocycles. The Morgan fingerprint density at radius 3 is 2.42 bits per heavy atom. The van der Waals surface area contributed by atoms with Crippen molar-refractivity contribution >= 4 is 23.2 Å². The van der Waals surface area contributed by atoms with Crippen molar-refractivity contribution in [3.8, 4) is 11.5 Å². The van der Waals surface area contributed by atoms with Crippen molar-refractivity contribution in [3.05, 3.63) is 47.5 Å².